The molecule has 8 nitrogen and oxygen atoms in total. The summed E-state index contributed by atoms with van der Waals surface area (Å²) in [6, 6.07) is 15.3. The highest BCUT2D eigenvalue weighted by atomic mass is 32.2. The van der Waals surface area contributed by atoms with Crippen LogP contribution in [0.2, 0.25) is 0 Å². The molecule has 0 bridgehead atoms. The van der Waals surface area contributed by atoms with E-state index in [0.717, 1.165) is 28.6 Å². The lowest BCUT2D eigenvalue weighted by Gasteiger charge is -2.29. The highest BCUT2D eigenvalue weighted by molar-refractivity contribution is 7.89. The number of Topliss-reactive ketones (excluding diaryl/α,β-unsaturated/α-hetero) is 1. The van der Waals surface area contributed by atoms with Gasteiger partial charge in [-0.05, 0) is 71.8 Å². The van der Waals surface area contributed by atoms with Crippen molar-refractivity contribution >= 4 is 28.0 Å². The van der Waals surface area contributed by atoms with Gasteiger partial charge in [-0.15, -0.1) is 10.1 Å². The molecule has 0 radical (unpaired) electrons. The molecule has 11 heteroatoms. The lowest BCUT2D eigenvalue weighted by molar-refractivity contribution is -0.711. The summed E-state index contributed by atoms with van der Waals surface area (Å²) in [4.78, 5) is 27.9. The minimum absolute atomic E-state index is 0.151. The maximum absolute atomic E-state index is 13.4. The highest BCUT2D eigenvalue weighted by Gasteiger charge is 2.34. The van der Waals surface area contributed by atoms with E-state index in [0.29, 0.717) is 11.1 Å². The van der Waals surface area contributed by atoms with E-state index in [1.807, 2.05) is 0 Å². The predicted molar refractivity (Wildman–Crippen MR) is 127 cm³/mol. The third-order valence-corrected chi connectivity index (χ3v) is 7.15. The van der Waals surface area contributed by atoms with Crippen LogP contribution in [0, 0.1) is 21.7 Å². The van der Waals surface area contributed by atoms with Crippen LogP contribution in [-0.4, -0.2) is 36.7 Å². The number of piperidine rings is 1. The Kier molecular flexibility index (Phi) is 7.04. The van der Waals surface area contributed by atoms with Gasteiger partial charge in [-0.3, -0.25) is 9.63 Å². The number of rotatable bonds is 6. The molecule has 0 spiro atoms. The van der Waals surface area contributed by atoms with Crippen LogP contribution in [0.4, 0.5) is 8.78 Å². The maximum atomic E-state index is 13.4. The summed E-state index contributed by atoms with van der Waals surface area (Å²) in [6.45, 7) is -0.515. The number of benzene rings is 3. The molecular formula is C25H18F2N2O6S. The van der Waals surface area contributed by atoms with E-state index in [9.17, 15) is 32.1 Å². The van der Waals surface area contributed by atoms with E-state index in [2.05, 4.69) is 4.84 Å². The number of nitrogens with zero attached hydrogens (tertiary/aromatic N) is 2. The van der Waals surface area contributed by atoms with Gasteiger partial charge in [0, 0.05) is 24.2 Å². The highest BCUT2D eigenvalue weighted by Crippen LogP contribution is 2.28. The van der Waals surface area contributed by atoms with Crippen LogP contribution in [-0.2, 0) is 14.8 Å². The van der Waals surface area contributed by atoms with Crippen LogP contribution in [0.3, 0.4) is 0 Å². The number of ketones is 1. The number of hydrogen-bond acceptors (Lipinski definition) is 6. The van der Waals surface area contributed by atoms with Crippen LogP contribution in [0.25, 0.3) is 12.2 Å². The van der Waals surface area contributed by atoms with Gasteiger partial charge in [0.2, 0.25) is 10.0 Å². The van der Waals surface area contributed by atoms with Gasteiger partial charge in [-0.1, -0.05) is 24.3 Å². The average molecular weight is 512 g/mol. The topological polar surface area (TPSA) is 107 Å². The van der Waals surface area contributed by atoms with Gasteiger partial charge in [0.15, 0.2) is 5.78 Å². The summed E-state index contributed by atoms with van der Waals surface area (Å²) in [5.74, 6) is -1.47. The van der Waals surface area contributed by atoms with Gasteiger partial charge in [-0.25, -0.2) is 17.2 Å². The summed E-state index contributed by atoms with van der Waals surface area (Å²) in [7, 11) is -4.14. The molecule has 0 atom stereocenters. The van der Waals surface area contributed by atoms with Crippen molar-refractivity contribution in [3.8, 4) is 5.75 Å². The first-order chi connectivity index (χ1) is 17.1. The molecule has 4 rings (SSSR count). The van der Waals surface area contributed by atoms with E-state index in [1.165, 1.54) is 60.7 Å². The average Bonchev–Trinajstić information content (AvgIpc) is 2.84. The first-order valence-corrected chi connectivity index (χ1v) is 12.0. The second-order valence-electron chi connectivity index (χ2n) is 7.83. The van der Waals surface area contributed by atoms with E-state index >= 15 is 0 Å². The summed E-state index contributed by atoms with van der Waals surface area (Å²) in [5, 5.41) is 9.49. The molecule has 0 aromatic heterocycles. The quantitative estimate of drug-likeness (QED) is 0.277. The van der Waals surface area contributed by atoms with Gasteiger partial charge in [-0.2, -0.15) is 4.31 Å². The fraction of sp³-hybridized carbons (Fsp3) is 0.0800. The molecule has 3 aromatic rings. The molecular weight excluding hydrogens is 494 g/mol. The zero-order chi connectivity index (χ0) is 25.9. The molecule has 3 aromatic carbocycles. The molecule has 1 saturated heterocycles. The zero-order valence-corrected chi connectivity index (χ0v) is 19.3. The Balaban J connectivity index is 1.73. The number of hydrogen-bond donors (Lipinski definition) is 0. The molecule has 184 valence electrons. The summed E-state index contributed by atoms with van der Waals surface area (Å²) in [6.07, 6.45) is 2.96. The monoisotopic (exact) mass is 512 g/mol. The Hall–Kier alpha value is -4.22. The van der Waals surface area contributed by atoms with Gasteiger partial charge >= 0.3 is 0 Å². The van der Waals surface area contributed by atoms with Crippen LogP contribution >= 0.6 is 0 Å². The molecule has 1 aliphatic rings. The SMILES string of the molecule is O=C1/C(=C/c2ccc(F)cc2)CN(S(=O)(=O)c2ccc(O[N+](=O)[O-])cc2)C/C1=C\c1ccc(F)cc1. The molecule has 1 aliphatic heterocycles. The van der Waals surface area contributed by atoms with Crippen molar-refractivity contribution in [3.05, 3.63) is 117 Å². The third kappa shape index (κ3) is 5.70. The maximum Gasteiger partial charge on any atom is 0.299 e. The fourth-order valence-corrected chi connectivity index (χ4v) is 5.00. The van der Waals surface area contributed by atoms with Gasteiger partial charge < -0.3 is 0 Å². The number of halogens is 2. The molecule has 1 fully saturated rings. The number of sulfonamides is 1. The lowest BCUT2D eigenvalue weighted by Crippen LogP contribution is -2.41. The molecule has 1 heterocycles. The first kappa shape index (κ1) is 24.9. The van der Waals surface area contributed by atoms with Crippen molar-refractivity contribution in [1.29, 1.82) is 0 Å². The molecule has 0 amide bonds. The minimum atomic E-state index is -4.14. The summed E-state index contributed by atoms with van der Waals surface area (Å²) >= 11 is 0. The van der Waals surface area contributed by atoms with Crippen molar-refractivity contribution in [1.82, 2.24) is 4.31 Å². The Labute approximate surface area is 204 Å². The van der Waals surface area contributed by atoms with E-state index in [-0.39, 0.29) is 34.9 Å². The zero-order valence-electron chi connectivity index (χ0n) is 18.5. The van der Waals surface area contributed by atoms with Crippen LogP contribution in [0.1, 0.15) is 11.1 Å². The van der Waals surface area contributed by atoms with E-state index in [4.69, 9.17) is 0 Å². The van der Waals surface area contributed by atoms with Crippen molar-refractivity contribution in [2.24, 2.45) is 0 Å². The molecule has 36 heavy (non-hydrogen) atoms. The Morgan fingerprint density at radius 1 is 0.806 bits per heavy atom. The fourth-order valence-electron chi connectivity index (χ4n) is 3.61. The van der Waals surface area contributed by atoms with Crippen molar-refractivity contribution in [2.75, 3.05) is 13.1 Å². The summed E-state index contributed by atoms with van der Waals surface area (Å²) < 4.78 is 54.5. The molecule has 0 aliphatic carbocycles. The van der Waals surface area contributed by atoms with Gasteiger partial charge in [0.05, 0.1) is 4.90 Å². The normalized spacial score (nSPS) is 16.9. The largest absolute Gasteiger partial charge is 0.299 e. The Morgan fingerprint density at radius 2 is 1.25 bits per heavy atom. The minimum Gasteiger partial charge on any atom is -0.289 e. The predicted octanol–water partition coefficient (Wildman–Crippen LogP) is 4.28. The van der Waals surface area contributed by atoms with E-state index < -0.39 is 32.5 Å². The smallest absolute Gasteiger partial charge is 0.289 e. The van der Waals surface area contributed by atoms with Gasteiger partial charge in [0.1, 0.15) is 17.4 Å². The molecule has 0 unspecified atom stereocenters. The first-order valence-electron chi connectivity index (χ1n) is 10.5. The Bertz CT molecular complexity index is 1400. The van der Waals surface area contributed by atoms with Crippen LogP contribution < -0.4 is 4.84 Å². The Morgan fingerprint density at radius 3 is 1.67 bits per heavy atom. The van der Waals surface area contributed by atoms with E-state index in [1.54, 1.807) is 0 Å². The van der Waals surface area contributed by atoms with Crippen molar-refractivity contribution in [2.45, 2.75) is 4.90 Å². The molecule has 0 saturated carbocycles. The number of carbonyl (C=O) groups is 1. The second-order valence-corrected chi connectivity index (χ2v) is 9.77. The lowest BCUT2D eigenvalue weighted by atomic mass is 9.95. The standard InChI is InChI=1S/C25H18F2N2O6S/c26-21-5-1-17(2-6-21)13-19-15-28(16-20(25(19)30)14-18-3-7-22(27)8-4-18)36(33,34)24-11-9-23(10-12-24)35-29(31)32/h1-14H,15-16H2/b19-13+,20-14+. The second kappa shape index (κ2) is 10.2. The molecule has 0 N–H and O–H groups in total. The van der Waals surface area contributed by atoms with Crippen LogP contribution in [0.5, 0.6) is 5.75 Å². The summed E-state index contributed by atoms with van der Waals surface area (Å²) in [5.41, 5.74) is 1.30. The van der Waals surface area contributed by atoms with Gasteiger partial charge in [0.25, 0.3) is 5.09 Å². The third-order valence-electron chi connectivity index (χ3n) is 5.34. The van der Waals surface area contributed by atoms with Crippen molar-refractivity contribution in [3.63, 3.8) is 0 Å². The number of carbonyl (C=O) groups excluding carboxylic acids is 1. The van der Waals surface area contributed by atoms with Crippen LogP contribution in [0.15, 0.2) is 88.8 Å². The van der Waals surface area contributed by atoms with Crippen molar-refractivity contribution < 1.29 is 31.9 Å².